The van der Waals surface area contributed by atoms with Gasteiger partial charge in [0.1, 0.15) is 0 Å². The van der Waals surface area contributed by atoms with Gasteiger partial charge < -0.3 is 10.2 Å². The smallest absolute Gasteiger partial charge is 0.223 e. The number of nitrogens with zero attached hydrogens (tertiary/aromatic N) is 1. The SMILES string of the molecule is C[C@H](NCCC(=O)N1CCCC1)c1ccccc1. The van der Waals surface area contributed by atoms with E-state index >= 15 is 0 Å². The molecule has 1 fully saturated rings. The Bertz CT molecular complexity index is 371. The molecular weight excluding hydrogens is 224 g/mol. The second-order valence-corrected chi connectivity index (χ2v) is 4.92. The molecule has 3 nitrogen and oxygen atoms in total. The minimum Gasteiger partial charge on any atom is -0.343 e. The quantitative estimate of drug-likeness (QED) is 0.865. The van der Waals surface area contributed by atoms with E-state index in [4.69, 9.17) is 0 Å². The Balaban J connectivity index is 1.70. The van der Waals surface area contributed by atoms with Crippen LogP contribution in [-0.2, 0) is 4.79 Å². The Kier molecular flexibility index (Phi) is 4.76. The van der Waals surface area contributed by atoms with Crippen molar-refractivity contribution in [2.75, 3.05) is 19.6 Å². The number of rotatable bonds is 5. The van der Waals surface area contributed by atoms with E-state index in [1.807, 2.05) is 23.1 Å². The van der Waals surface area contributed by atoms with Gasteiger partial charge in [0.15, 0.2) is 0 Å². The molecule has 0 radical (unpaired) electrons. The van der Waals surface area contributed by atoms with Crippen LogP contribution in [0.5, 0.6) is 0 Å². The van der Waals surface area contributed by atoms with E-state index in [-0.39, 0.29) is 0 Å². The number of nitrogens with one attached hydrogen (secondary N) is 1. The van der Waals surface area contributed by atoms with Gasteiger partial charge in [-0.1, -0.05) is 30.3 Å². The molecule has 1 aromatic rings. The van der Waals surface area contributed by atoms with Crippen LogP contribution in [0.25, 0.3) is 0 Å². The van der Waals surface area contributed by atoms with Crippen LogP contribution in [0.1, 0.15) is 37.8 Å². The van der Waals surface area contributed by atoms with E-state index in [9.17, 15) is 4.79 Å². The zero-order valence-electron chi connectivity index (χ0n) is 11.1. The molecule has 1 saturated heterocycles. The highest BCUT2D eigenvalue weighted by Crippen LogP contribution is 2.12. The number of likely N-dealkylation sites (tertiary alicyclic amines) is 1. The van der Waals surface area contributed by atoms with Gasteiger partial charge in [-0.3, -0.25) is 4.79 Å². The highest BCUT2D eigenvalue weighted by molar-refractivity contribution is 5.76. The van der Waals surface area contributed by atoms with Crippen LogP contribution < -0.4 is 5.32 Å². The van der Waals surface area contributed by atoms with Crippen molar-refractivity contribution in [3.8, 4) is 0 Å². The lowest BCUT2D eigenvalue weighted by atomic mass is 10.1. The van der Waals surface area contributed by atoms with Gasteiger partial charge in [0.2, 0.25) is 5.91 Å². The zero-order chi connectivity index (χ0) is 12.8. The molecule has 1 amide bonds. The number of hydrogen-bond acceptors (Lipinski definition) is 2. The molecule has 1 aliphatic rings. The zero-order valence-corrected chi connectivity index (χ0v) is 11.1. The molecule has 1 aromatic carbocycles. The van der Waals surface area contributed by atoms with Crippen LogP contribution in [0, 0.1) is 0 Å². The minimum absolute atomic E-state index is 0.292. The van der Waals surface area contributed by atoms with Gasteiger partial charge in [-0.15, -0.1) is 0 Å². The van der Waals surface area contributed by atoms with E-state index in [1.54, 1.807) is 0 Å². The van der Waals surface area contributed by atoms with Crippen LogP contribution in [-0.4, -0.2) is 30.4 Å². The maximum absolute atomic E-state index is 11.8. The molecule has 0 saturated carbocycles. The fourth-order valence-corrected chi connectivity index (χ4v) is 2.38. The Morgan fingerprint density at radius 2 is 1.94 bits per heavy atom. The molecule has 1 heterocycles. The fraction of sp³-hybridized carbons (Fsp3) is 0.533. The topological polar surface area (TPSA) is 32.3 Å². The molecule has 98 valence electrons. The summed E-state index contributed by atoms with van der Waals surface area (Å²) in [6.07, 6.45) is 2.94. The normalized spacial score (nSPS) is 16.8. The van der Waals surface area contributed by atoms with Crippen molar-refractivity contribution >= 4 is 5.91 Å². The van der Waals surface area contributed by atoms with Crippen molar-refractivity contribution in [2.45, 2.75) is 32.2 Å². The van der Waals surface area contributed by atoms with Crippen molar-refractivity contribution in [3.05, 3.63) is 35.9 Å². The van der Waals surface area contributed by atoms with Gasteiger partial charge in [0.25, 0.3) is 0 Å². The van der Waals surface area contributed by atoms with E-state index < -0.39 is 0 Å². The first-order valence-corrected chi connectivity index (χ1v) is 6.83. The summed E-state index contributed by atoms with van der Waals surface area (Å²) in [5.41, 5.74) is 1.27. The number of carbonyl (C=O) groups excluding carboxylic acids is 1. The third kappa shape index (κ3) is 3.57. The maximum atomic E-state index is 11.8. The molecule has 0 unspecified atom stereocenters. The fourth-order valence-electron chi connectivity index (χ4n) is 2.38. The number of carbonyl (C=O) groups is 1. The van der Waals surface area contributed by atoms with Crippen molar-refractivity contribution < 1.29 is 4.79 Å². The number of amides is 1. The summed E-state index contributed by atoms with van der Waals surface area (Å²) < 4.78 is 0. The first kappa shape index (κ1) is 13.1. The molecule has 0 bridgehead atoms. The first-order valence-electron chi connectivity index (χ1n) is 6.83. The minimum atomic E-state index is 0.292. The van der Waals surface area contributed by atoms with Crippen molar-refractivity contribution in [1.29, 1.82) is 0 Å². The summed E-state index contributed by atoms with van der Waals surface area (Å²) in [4.78, 5) is 13.8. The predicted molar refractivity (Wildman–Crippen MR) is 73.3 cm³/mol. The van der Waals surface area contributed by atoms with Crippen LogP contribution in [0.3, 0.4) is 0 Å². The standard InChI is InChI=1S/C15H22N2O/c1-13(14-7-3-2-4-8-14)16-10-9-15(18)17-11-5-6-12-17/h2-4,7-8,13,16H,5-6,9-12H2,1H3/t13-/m0/s1. The number of hydrogen-bond donors (Lipinski definition) is 1. The van der Waals surface area contributed by atoms with Gasteiger partial charge in [-0.25, -0.2) is 0 Å². The van der Waals surface area contributed by atoms with Crippen LogP contribution in [0.15, 0.2) is 30.3 Å². The summed E-state index contributed by atoms with van der Waals surface area (Å²) in [5, 5.41) is 3.41. The second-order valence-electron chi connectivity index (χ2n) is 4.92. The molecule has 18 heavy (non-hydrogen) atoms. The third-order valence-electron chi connectivity index (χ3n) is 3.55. The molecule has 3 heteroatoms. The molecule has 0 aliphatic carbocycles. The summed E-state index contributed by atoms with van der Waals surface area (Å²) >= 11 is 0. The van der Waals surface area contributed by atoms with Crippen molar-refractivity contribution in [1.82, 2.24) is 10.2 Å². The maximum Gasteiger partial charge on any atom is 0.223 e. The first-order chi connectivity index (χ1) is 8.77. The molecule has 1 aliphatic heterocycles. The van der Waals surface area contributed by atoms with E-state index in [2.05, 4.69) is 24.4 Å². The lowest BCUT2D eigenvalue weighted by Crippen LogP contribution is -2.31. The van der Waals surface area contributed by atoms with Gasteiger partial charge in [-0.2, -0.15) is 0 Å². The third-order valence-corrected chi connectivity index (χ3v) is 3.55. The summed E-state index contributed by atoms with van der Waals surface area (Å²) in [7, 11) is 0. The van der Waals surface area contributed by atoms with Crippen LogP contribution >= 0.6 is 0 Å². The van der Waals surface area contributed by atoms with Crippen LogP contribution in [0.4, 0.5) is 0 Å². The van der Waals surface area contributed by atoms with E-state index in [0.717, 1.165) is 19.6 Å². The lowest BCUT2D eigenvalue weighted by molar-refractivity contribution is -0.130. The molecule has 1 atom stereocenters. The predicted octanol–water partition coefficient (Wildman–Crippen LogP) is 2.35. The summed E-state index contributed by atoms with van der Waals surface area (Å²) in [6.45, 7) is 4.79. The van der Waals surface area contributed by atoms with E-state index in [1.165, 1.54) is 18.4 Å². The average Bonchev–Trinajstić information content (AvgIpc) is 2.93. The van der Waals surface area contributed by atoms with Crippen LogP contribution in [0.2, 0.25) is 0 Å². The Morgan fingerprint density at radius 3 is 2.61 bits per heavy atom. The van der Waals surface area contributed by atoms with Gasteiger partial charge in [-0.05, 0) is 25.3 Å². The monoisotopic (exact) mass is 246 g/mol. The molecular formula is C15H22N2O. The van der Waals surface area contributed by atoms with Gasteiger partial charge in [0, 0.05) is 32.1 Å². The Labute approximate surface area is 109 Å². The average molecular weight is 246 g/mol. The lowest BCUT2D eigenvalue weighted by Gasteiger charge is -2.17. The Hall–Kier alpha value is -1.35. The molecule has 1 N–H and O–H groups in total. The van der Waals surface area contributed by atoms with Gasteiger partial charge >= 0.3 is 0 Å². The number of benzene rings is 1. The molecule has 0 spiro atoms. The highest BCUT2D eigenvalue weighted by atomic mass is 16.2. The largest absolute Gasteiger partial charge is 0.343 e. The highest BCUT2D eigenvalue weighted by Gasteiger charge is 2.17. The van der Waals surface area contributed by atoms with Gasteiger partial charge in [0.05, 0.1) is 0 Å². The second kappa shape index (κ2) is 6.55. The Morgan fingerprint density at radius 1 is 1.28 bits per heavy atom. The summed E-state index contributed by atoms with van der Waals surface area (Å²) in [6, 6.07) is 10.6. The summed E-state index contributed by atoms with van der Waals surface area (Å²) in [5.74, 6) is 0.292. The molecule has 2 rings (SSSR count). The van der Waals surface area contributed by atoms with Crippen molar-refractivity contribution in [2.24, 2.45) is 0 Å². The molecule has 0 aromatic heterocycles. The van der Waals surface area contributed by atoms with Crippen molar-refractivity contribution in [3.63, 3.8) is 0 Å². The van der Waals surface area contributed by atoms with E-state index in [0.29, 0.717) is 18.4 Å².